The van der Waals surface area contributed by atoms with Crippen molar-refractivity contribution in [2.24, 2.45) is 0 Å². The smallest absolute Gasteiger partial charge is 0.150 e. The van der Waals surface area contributed by atoms with E-state index in [1.54, 1.807) is 7.11 Å². The van der Waals surface area contributed by atoms with E-state index in [-0.39, 0.29) is 6.17 Å². The van der Waals surface area contributed by atoms with Gasteiger partial charge in [0.05, 0.1) is 18.5 Å². The minimum Gasteiger partial charge on any atom is -0.496 e. The molecule has 2 aromatic carbocycles. The van der Waals surface area contributed by atoms with Crippen LogP contribution in [0.3, 0.4) is 0 Å². The van der Waals surface area contributed by atoms with Crippen LogP contribution in [-0.4, -0.2) is 16.9 Å². The molecule has 1 unspecified atom stereocenters. The first-order valence-corrected chi connectivity index (χ1v) is 8.64. The van der Waals surface area contributed by atoms with Crippen molar-refractivity contribution in [3.05, 3.63) is 63.8 Å². The monoisotopic (exact) mass is 383 g/mol. The van der Waals surface area contributed by atoms with Crippen molar-refractivity contribution in [1.82, 2.24) is 9.78 Å². The van der Waals surface area contributed by atoms with Crippen LogP contribution in [0.1, 0.15) is 23.0 Å². The summed E-state index contributed by atoms with van der Waals surface area (Å²) in [6.07, 6.45) is -0.116. The van der Waals surface area contributed by atoms with E-state index in [4.69, 9.17) is 9.84 Å². The fourth-order valence-electron chi connectivity index (χ4n) is 3.31. The fraction of sp³-hybridized carbons (Fsp3) is 0.211. The molecule has 1 aliphatic heterocycles. The van der Waals surface area contributed by atoms with Crippen molar-refractivity contribution >= 4 is 21.6 Å². The number of nitrogens with one attached hydrogen (secondary N) is 1. The average molecular weight is 384 g/mol. The highest BCUT2D eigenvalue weighted by Crippen LogP contribution is 2.42. The predicted molar refractivity (Wildman–Crippen MR) is 99.6 cm³/mol. The molecule has 0 spiro atoms. The number of rotatable bonds is 2. The second-order valence-corrected chi connectivity index (χ2v) is 6.96. The molecule has 0 radical (unpaired) electrons. The van der Waals surface area contributed by atoms with Crippen molar-refractivity contribution in [2.45, 2.75) is 20.0 Å². The number of hydrogen-bond donors (Lipinski definition) is 1. The Morgan fingerprint density at radius 1 is 1.17 bits per heavy atom. The standard InChI is InChI=1S/C19H18BrN3O/c1-11-5-4-6-14-16-9-12(2)22-23(16)19(21-18(11)14)15-10-13(20)7-8-17(15)24-3/h4-10,19,21H,1-3H3. The molecule has 0 aliphatic carbocycles. The summed E-state index contributed by atoms with van der Waals surface area (Å²) in [5.74, 6) is 0.840. The van der Waals surface area contributed by atoms with Gasteiger partial charge in [0.25, 0.3) is 0 Å². The number of hydrogen-bond acceptors (Lipinski definition) is 3. The Bertz CT molecular complexity index is 932. The first-order valence-electron chi connectivity index (χ1n) is 7.84. The highest BCUT2D eigenvalue weighted by Gasteiger charge is 2.29. The fourth-order valence-corrected chi connectivity index (χ4v) is 3.69. The molecule has 4 rings (SSSR count). The minimum atomic E-state index is -0.116. The third-order valence-electron chi connectivity index (χ3n) is 4.42. The van der Waals surface area contributed by atoms with Crippen molar-refractivity contribution in [3.63, 3.8) is 0 Å². The van der Waals surface area contributed by atoms with Gasteiger partial charge in [0, 0.05) is 21.3 Å². The van der Waals surface area contributed by atoms with E-state index in [0.29, 0.717) is 0 Å². The Morgan fingerprint density at radius 3 is 2.79 bits per heavy atom. The van der Waals surface area contributed by atoms with Gasteiger partial charge in [-0.3, -0.25) is 0 Å². The Balaban J connectivity index is 1.96. The lowest BCUT2D eigenvalue weighted by molar-refractivity contribution is 0.401. The Morgan fingerprint density at radius 2 is 2.00 bits per heavy atom. The molecule has 0 amide bonds. The number of nitrogens with zero attached hydrogens (tertiary/aromatic N) is 2. The zero-order chi connectivity index (χ0) is 16.8. The molecule has 2 heterocycles. The molecule has 5 heteroatoms. The molecule has 3 aromatic rings. The summed E-state index contributed by atoms with van der Waals surface area (Å²) in [6, 6.07) is 14.5. The number of methoxy groups -OCH3 is 1. The number of halogens is 1. The maximum absolute atomic E-state index is 5.59. The number of fused-ring (bicyclic) bond motifs is 3. The number of ether oxygens (including phenoxy) is 1. The van der Waals surface area contributed by atoms with Gasteiger partial charge in [-0.25, -0.2) is 4.68 Å². The predicted octanol–water partition coefficient (Wildman–Crippen LogP) is 4.91. The molecule has 0 bridgehead atoms. The van der Waals surface area contributed by atoms with Crippen molar-refractivity contribution in [3.8, 4) is 17.0 Å². The van der Waals surface area contributed by atoms with Gasteiger partial charge in [-0.15, -0.1) is 0 Å². The van der Waals surface area contributed by atoms with Gasteiger partial charge in [-0.1, -0.05) is 34.1 Å². The lowest BCUT2D eigenvalue weighted by Crippen LogP contribution is -2.26. The van der Waals surface area contributed by atoms with Gasteiger partial charge >= 0.3 is 0 Å². The summed E-state index contributed by atoms with van der Waals surface area (Å²) in [4.78, 5) is 0. The largest absolute Gasteiger partial charge is 0.496 e. The molecule has 4 nitrogen and oxygen atoms in total. The van der Waals surface area contributed by atoms with Crippen LogP contribution < -0.4 is 10.1 Å². The first-order chi connectivity index (χ1) is 11.6. The molecular weight excluding hydrogens is 366 g/mol. The molecule has 0 saturated heterocycles. The van der Waals surface area contributed by atoms with Crippen LogP contribution in [0.15, 0.2) is 46.9 Å². The van der Waals surface area contributed by atoms with Crippen molar-refractivity contribution in [2.75, 3.05) is 12.4 Å². The second kappa shape index (κ2) is 5.67. The molecule has 122 valence electrons. The first kappa shape index (κ1) is 15.3. The number of para-hydroxylation sites is 1. The Hall–Kier alpha value is -2.27. The van der Waals surface area contributed by atoms with Gasteiger partial charge in [-0.2, -0.15) is 5.10 Å². The van der Waals surface area contributed by atoms with Gasteiger partial charge in [0.2, 0.25) is 0 Å². The third-order valence-corrected chi connectivity index (χ3v) is 4.91. The van der Waals surface area contributed by atoms with E-state index < -0.39 is 0 Å². The summed E-state index contributed by atoms with van der Waals surface area (Å²) in [6.45, 7) is 4.15. The van der Waals surface area contributed by atoms with E-state index in [1.165, 1.54) is 11.1 Å². The molecule has 1 atom stereocenters. The van der Waals surface area contributed by atoms with Gasteiger partial charge in [0.1, 0.15) is 5.75 Å². The van der Waals surface area contributed by atoms with Crippen LogP contribution in [0, 0.1) is 13.8 Å². The highest BCUT2D eigenvalue weighted by atomic mass is 79.9. The normalized spacial score (nSPS) is 15.4. The summed E-state index contributed by atoms with van der Waals surface area (Å²) in [7, 11) is 1.70. The lowest BCUT2D eigenvalue weighted by atomic mass is 10.0. The number of benzene rings is 2. The second-order valence-electron chi connectivity index (χ2n) is 6.05. The molecular formula is C19H18BrN3O. The molecule has 1 aromatic heterocycles. The quantitative estimate of drug-likeness (QED) is 0.682. The Labute approximate surface area is 149 Å². The van der Waals surface area contributed by atoms with E-state index in [0.717, 1.165) is 32.9 Å². The van der Waals surface area contributed by atoms with E-state index >= 15 is 0 Å². The van der Waals surface area contributed by atoms with Crippen LogP contribution in [0.25, 0.3) is 11.3 Å². The topological polar surface area (TPSA) is 39.1 Å². The van der Waals surface area contributed by atoms with Crippen LogP contribution in [0.2, 0.25) is 0 Å². The van der Waals surface area contributed by atoms with E-state index in [9.17, 15) is 0 Å². The number of aryl methyl sites for hydroxylation is 2. The lowest BCUT2D eigenvalue weighted by Gasteiger charge is -2.31. The summed E-state index contributed by atoms with van der Waals surface area (Å²) >= 11 is 3.57. The van der Waals surface area contributed by atoms with Gasteiger partial charge in [-0.05, 0) is 43.7 Å². The highest BCUT2D eigenvalue weighted by molar-refractivity contribution is 9.10. The van der Waals surface area contributed by atoms with E-state index in [1.807, 2.05) is 23.7 Å². The maximum atomic E-state index is 5.59. The SMILES string of the molecule is COc1ccc(Br)cc1C1Nc2c(C)cccc2-c2cc(C)nn21. The summed E-state index contributed by atoms with van der Waals surface area (Å²) in [5, 5.41) is 8.38. The summed E-state index contributed by atoms with van der Waals surface area (Å²) < 4.78 is 8.65. The third kappa shape index (κ3) is 2.31. The molecule has 24 heavy (non-hydrogen) atoms. The molecule has 1 N–H and O–H groups in total. The van der Waals surface area contributed by atoms with Crippen LogP contribution in [0.4, 0.5) is 5.69 Å². The van der Waals surface area contributed by atoms with Crippen LogP contribution in [-0.2, 0) is 0 Å². The Kier molecular flexibility index (Phi) is 3.61. The van der Waals surface area contributed by atoms with Crippen molar-refractivity contribution in [1.29, 1.82) is 0 Å². The molecule has 0 fully saturated rings. The molecule has 1 aliphatic rings. The average Bonchev–Trinajstić information content (AvgIpc) is 2.96. The number of anilines is 1. The zero-order valence-electron chi connectivity index (χ0n) is 13.8. The number of aromatic nitrogens is 2. The maximum Gasteiger partial charge on any atom is 0.150 e. The minimum absolute atomic E-state index is 0.116. The summed E-state index contributed by atoms with van der Waals surface area (Å²) in [5.41, 5.74) is 6.72. The van der Waals surface area contributed by atoms with Crippen LogP contribution >= 0.6 is 15.9 Å². The van der Waals surface area contributed by atoms with Crippen LogP contribution in [0.5, 0.6) is 5.75 Å². The van der Waals surface area contributed by atoms with Crippen molar-refractivity contribution < 1.29 is 4.74 Å². The molecule has 0 saturated carbocycles. The van der Waals surface area contributed by atoms with Gasteiger partial charge < -0.3 is 10.1 Å². The van der Waals surface area contributed by atoms with Gasteiger partial charge in [0.15, 0.2) is 6.17 Å². The zero-order valence-corrected chi connectivity index (χ0v) is 15.4. The van der Waals surface area contributed by atoms with E-state index in [2.05, 4.69) is 58.5 Å².